The Morgan fingerprint density at radius 1 is 0.743 bits per heavy atom. The van der Waals surface area contributed by atoms with Crippen molar-refractivity contribution in [3.63, 3.8) is 0 Å². The maximum Gasteiger partial charge on any atom is 0.326 e. The summed E-state index contributed by atoms with van der Waals surface area (Å²) in [4.78, 5) is 33.0. The molecule has 0 spiro atoms. The molecule has 2 aliphatic heterocycles. The molecule has 2 aliphatic rings. The van der Waals surface area contributed by atoms with E-state index in [-0.39, 0.29) is 11.9 Å². The lowest BCUT2D eigenvalue weighted by Crippen LogP contribution is -2.53. The summed E-state index contributed by atoms with van der Waals surface area (Å²) in [6.07, 6.45) is 0.926. The lowest BCUT2D eigenvalue weighted by Gasteiger charge is -2.38. The van der Waals surface area contributed by atoms with Crippen molar-refractivity contribution < 1.29 is 9.59 Å². The summed E-state index contributed by atoms with van der Waals surface area (Å²) in [6, 6.07) is 28.0. The Bertz CT molecular complexity index is 1130. The Morgan fingerprint density at radius 3 is 1.86 bits per heavy atom. The standard InChI is InChI=1S/C29H32N4O2/c1-23-10-8-9-15-26(23)32-18-16-31(17-19-32)22-33-27(34)29(30-28(33)35,20-24-11-4-2-5-12-24)21-25-13-6-3-7-14-25/h2-15H,16-22H2,1H3,(H,30,35). The number of aryl methyl sites for hydroxylation is 1. The van der Waals surface area contributed by atoms with Gasteiger partial charge in [-0.1, -0.05) is 78.9 Å². The normalized spacial score (nSPS) is 18.1. The molecule has 2 saturated heterocycles. The second-order valence-electron chi connectivity index (χ2n) is 9.60. The largest absolute Gasteiger partial charge is 0.369 e. The van der Waals surface area contributed by atoms with Gasteiger partial charge in [0, 0.05) is 44.7 Å². The summed E-state index contributed by atoms with van der Waals surface area (Å²) in [5.74, 6) is -0.142. The van der Waals surface area contributed by atoms with Crippen LogP contribution in [0.4, 0.5) is 10.5 Å². The van der Waals surface area contributed by atoms with Crippen molar-refractivity contribution in [1.29, 1.82) is 0 Å². The van der Waals surface area contributed by atoms with Crippen LogP contribution < -0.4 is 10.2 Å². The minimum Gasteiger partial charge on any atom is -0.369 e. The molecule has 0 unspecified atom stereocenters. The smallest absolute Gasteiger partial charge is 0.326 e. The first-order chi connectivity index (χ1) is 17.0. The van der Waals surface area contributed by atoms with Crippen molar-refractivity contribution in [2.24, 2.45) is 0 Å². The third-order valence-electron chi connectivity index (χ3n) is 7.11. The molecular weight excluding hydrogens is 436 g/mol. The first-order valence-corrected chi connectivity index (χ1v) is 12.3. The van der Waals surface area contributed by atoms with Crippen LogP contribution in [0.5, 0.6) is 0 Å². The van der Waals surface area contributed by atoms with Gasteiger partial charge in [-0.15, -0.1) is 0 Å². The number of nitrogens with one attached hydrogen (secondary N) is 1. The molecule has 3 aromatic rings. The molecule has 35 heavy (non-hydrogen) atoms. The molecule has 3 amide bonds. The summed E-state index contributed by atoms with van der Waals surface area (Å²) in [7, 11) is 0. The van der Waals surface area contributed by atoms with Gasteiger partial charge in [-0.3, -0.25) is 9.69 Å². The predicted molar refractivity (Wildman–Crippen MR) is 138 cm³/mol. The van der Waals surface area contributed by atoms with Crippen molar-refractivity contribution >= 4 is 17.6 Å². The van der Waals surface area contributed by atoms with E-state index < -0.39 is 5.54 Å². The van der Waals surface area contributed by atoms with Crippen LogP contribution in [0.3, 0.4) is 0 Å². The molecule has 0 aromatic heterocycles. The third kappa shape index (κ3) is 4.93. The van der Waals surface area contributed by atoms with Crippen molar-refractivity contribution in [2.45, 2.75) is 25.3 Å². The number of hydrogen-bond acceptors (Lipinski definition) is 4. The molecule has 0 atom stereocenters. The highest BCUT2D eigenvalue weighted by Crippen LogP contribution is 2.28. The molecule has 0 bridgehead atoms. The SMILES string of the molecule is Cc1ccccc1N1CCN(CN2C(=O)NC(Cc3ccccc3)(Cc3ccccc3)C2=O)CC1. The number of amides is 3. The van der Waals surface area contributed by atoms with E-state index in [0.717, 1.165) is 37.3 Å². The second kappa shape index (κ2) is 9.92. The number of urea groups is 1. The summed E-state index contributed by atoms with van der Waals surface area (Å²) in [5.41, 5.74) is 3.60. The quantitative estimate of drug-likeness (QED) is 0.535. The van der Waals surface area contributed by atoms with Crippen LogP contribution in [0.1, 0.15) is 16.7 Å². The van der Waals surface area contributed by atoms with Crippen LogP contribution in [0.25, 0.3) is 0 Å². The second-order valence-corrected chi connectivity index (χ2v) is 9.60. The van der Waals surface area contributed by atoms with E-state index in [4.69, 9.17) is 0 Å². The van der Waals surface area contributed by atoms with Crippen LogP contribution >= 0.6 is 0 Å². The Morgan fingerprint density at radius 2 is 1.29 bits per heavy atom. The molecule has 6 nitrogen and oxygen atoms in total. The molecule has 3 aromatic carbocycles. The first kappa shape index (κ1) is 23.1. The topological polar surface area (TPSA) is 55.9 Å². The van der Waals surface area contributed by atoms with Crippen LogP contribution in [-0.2, 0) is 17.6 Å². The molecule has 6 heteroatoms. The van der Waals surface area contributed by atoms with E-state index in [9.17, 15) is 9.59 Å². The van der Waals surface area contributed by atoms with Crippen molar-refractivity contribution in [2.75, 3.05) is 37.7 Å². The molecule has 180 valence electrons. The zero-order valence-corrected chi connectivity index (χ0v) is 20.2. The summed E-state index contributed by atoms with van der Waals surface area (Å²) >= 11 is 0. The van der Waals surface area contributed by atoms with E-state index in [1.807, 2.05) is 60.7 Å². The highest BCUT2D eigenvalue weighted by atomic mass is 16.2. The van der Waals surface area contributed by atoms with Gasteiger partial charge in [-0.2, -0.15) is 0 Å². The fourth-order valence-electron chi connectivity index (χ4n) is 5.24. The predicted octanol–water partition coefficient (Wildman–Crippen LogP) is 3.85. The fourth-order valence-corrected chi connectivity index (χ4v) is 5.24. The van der Waals surface area contributed by atoms with Gasteiger partial charge < -0.3 is 10.2 Å². The van der Waals surface area contributed by atoms with Gasteiger partial charge in [0.2, 0.25) is 0 Å². The molecule has 0 saturated carbocycles. The van der Waals surface area contributed by atoms with E-state index in [2.05, 4.69) is 46.3 Å². The van der Waals surface area contributed by atoms with Gasteiger partial charge >= 0.3 is 6.03 Å². The highest BCUT2D eigenvalue weighted by molar-refractivity contribution is 6.07. The fraction of sp³-hybridized carbons (Fsp3) is 0.310. The zero-order valence-electron chi connectivity index (χ0n) is 20.2. The molecule has 5 rings (SSSR count). The van der Waals surface area contributed by atoms with Crippen molar-refractivity contribution in [3.05, 3.63) is 102 Å². The number of hydrogen-bond donors (Lipinski definition) is 1. The van der Waals surface area contributed by atoms with Crippen LogP contribution in [0.15, 0.2) is 84.9 Å². The number of imide groups is 1. The maximum absolute atomic E-state index is 13.9. The molecule has 2 fully saturated rings. The molecule has 0 radical (unpaired) electrons. The number of benzene rings is 3. The summed E-state index contributed by atoms with van der Waals surface area (Å²) < 4.78 is 0. The monoisotopic (exact) mass is 468 g/mol. The average molecular weight is 469 g/mol. The number of carbonyl (C=O) groups excluding carboxylic acids is 2. The number of rotatable bonds is 7. The number of para-hydroxylation sites is 1. The third-order valence-corrected chi connectivity index (χ3v) is 7.11. The minimum absolute atomic E-state index is 0.142. The Balaban J connectivity index is 1.31. The average Bonchev–Trinajstić information content (AvgIpc) is 3.10. The van der Waals surface area contributed by atoms with Crippen LogP contribution in [0, 0.1) is 6.92 Å². The molecule has 0 aliphatic carbocycles. The van der Waals surface area contributed by atoms with E-state index in [1.165, 1.54) is 16.2 Å². The summed E-state index contributed by atoms with van der Waals surface area (Å²) in [6.45, 7) is 5.79. The van der Waals surface area contributed by atoms with Gasteiger partial charge in [0.1, 0.15) is 5.54 Å². The van der Waals surface area contributed by atoms with E-state index >= 15 is 0 Å². The van der Waals surface area contributed by atoms with Crippen LogP contribution in [-0.4, -0.2) is 60.1 Å². The number of anilines is 1. The van der Waals surface area contributed by atoms with Gasteiger partial charge in [0.05, 0.1) is 6.67 Å². The first-order valence-electron chi connectivity index (χ1n) is 12.3. The molecular formula is C29H32N4O2. The molecule has 1 N–H and O–H groups in total. The maximum atomic E-state index is 13.9. The molecule has 2 heterocycles. The van der Waals surface area contributed by atoms with Crippen molar-refractivity contribution in [3.8, 4) is 0 Å². The summed E-state index contributed by atoms with van der Waals surface area (Å²) in [5, 5.41) is 3.10. The van der Waals surface area contributed by atoms with Crippen LogP contribution in [0.2, 0.25) is 0 Å². The zero-order chi connectivity index (χ0) is 24.3. The highest BCUT2D eigenvalue weighted by Gasteiger charge is 2.51. The van der Waals surface area contributed by atoms with E-state index in [1.54, 1.807) is 0 Å². The van der Waals surface area contributed by atoms with Gasteiger partial charge in [0.15, 0.2) is 0 Å². The Kier molecular flexibility index (Phi) is 6.55. The van der Waals surface area contributed by atoms with Gasteiger partial charge in [-0.25, -0.2) is 9.69 Å². The lowest BCUT2D eigenvalue weighted by atomic mass is 9.84. The van der Waals surface area contributed by atoms with Gasteiger partial charge in [0.25, 0.3) is 5.91 Å². The Labute approximate surface area is 207 Å². The van der Waals surface area contributed by atoms with Crippen molar-refractivity contribution in [1.82, 2.24) is 15.1 Å². The Hall–Kier alpha value is -3.64. The van der Waals surface area contributed by atoms with E-state index in [0.29, 0.717) is 19.5 Å². The van der Waals surface area contributed by atoms with Gasteiger partial charge in [-0.05, 0) is 29.7 Å². The number of nitrogens with zero attached hydrogens (tertiary/aromatic N) is 3. The minimum atomic E-state index is -0.983. The number of carbonyl (C=O) groups is 2. The number of piperazine rings is 1. The lowest BCUT2D eigenvalue weighted by molar-refractivity contribution is -0.132.